The summed E-state index contributed by atoms with van der Waals surface area (Å²) in [7, 11) is 0. The number of hydrogen-bond acceptors (Lipinski definition) is 4. The number of carbonyl (C=O) groups is 1. The number of H-pyrrole nitrogens is 1. The summed E-state index contributed by atoms with van der Waals surface area (Å²) in [6.45, 7) is 1.73. The predicted octanol–water partition coefficient (Wildman–Crippen LogP) is 4.13. The summed E-state index contributed by atoms with van der Waals surface area (Å²) in [6, 6.07) is 20.3. The molecule has 3 heterocycles. The zero-order valence-electron chi connectivity index (χ0n) is 15.9. The van der Waals surface area contributed by atoms with Crippen LogP contribution in [0.1, 0.15) is 12.8 Å². The van der Waals surface area contributed by atoms with E-state index in [0.717, 1.165) is 59.2 Å². The van der Waals surface area contributed by atoms with Gasteiger partial charge in [0.1, 0.15) is 0 Å². The summed E-state index contributed by atoms with van der Waals surface area (Å²) in [4.78, 5) is 17.9. The minimum atomic E-state index is 0.169. The molecular formula is C22H21N5OS. The molecule has 0 bridgehead atoms. The molecule has 0 spiro atoms. The molecule has 1 N–H and O–H groups in total. The van der Waals surface area contributed by atoms with Gasteiger partial charge in [0, 0.05) is 29.7 Å². The van der Waals surface area contributed by atoms with Crippen LogP contribution >= 0.6 is 11.8 Å². The average Bonchev–Trinajstić information content (AvgIpc) is 3.51. The van der Waals surface area contributed by atoms with Gasteiger partial charge in [-0.25, -0.2) is 0 Å². The topological polar surface area (TPSA) is 66.8 Å². The molecule has 1 saturated heterocycles. The number of likely N-dealkylation sites (tertiary alicyclic amines) is 1. The third-order valence-corrected chi connectivity index (χ3v) is 6.12. The Bertz CT molecular complexity index is 1110. The first kappa shape index (κ1) is 18.0. The van der Waals surface area contributed by atoms with Crippen LogP contribution in [0.4, 0.5) is 0 Å². The van der Waals surface area contributed by atoms with Gasteiger partial charge in [-0.15, -0.1) is 10.2 Å². The molecule has 1 aliphatic heterocycles. The zero-order valence-corrected chi connectivity index (χ0v) is 16.7. The molecule has 2 aromatic heterocycles. The molecule has 6 nitrogen and oxygen atoms in total. The van der Waals surface area contributed by atoms with Crippen LogP contribution in [0.2, 0.25) is 0 Å². The second kappa shape index (κ2) is 7.75. The number of carbonyl (C=O) groups excluding carboxylic acids is 1. The molecule has 0 atom stereocenters. The smallest absolute Gasteiger partial charge is 0.233 e. The second-order valence-corrected chi connectivity index (χ2v) is 8.07. The van der Waals surface area contributed by atoms with Crippen molar-refractivity contribution >= 4 is 28.6 Å². The maximum absolute atomic E-state index is 12.5. The average molecular weight is 404 g/mol. The van der Waals surface area contributed by atoms with Crippen LogP contribution in [0.25, 0.3) is 28.1 Å². The Kier molecular flexibility index (Phi) is 4.81. The Morgan fingerprint density at radius 2 is 1.76 bits per heavy atom. The van der Waals surface area contributed by atoms with Crippen molar-refractivity contribution < 1.29 is 4.79 Å². The number of thioether (sulfide) groups is 1. The normalized spacial score (nSPS) is 14.0. The Morgan fingerprint density at radius 1 is 1.00 bits per heavy atom. The number of amides is 1. The van der Waals surface area contributed by atoms with Crippen molar-refractivity contribution in [2.24, 2.45) is 0 Å². The quantitative estimate of drug-likeness (QED) is 0.509. The van der Waals surface area contributed by atoms with Gasteiger partial charge in [-0.3, -0.25) is 9.36 Å². The maximum Gasteiger partial charge on any atom is 0.233 e. The SMILES string of the molecule is O=C(CSc1nnc(-c2cc3ccccc3[nH]2)n1-c1ccccc1)N1CCCC1. The Labute approximate surface area is 172 Å². The van der Waals surface area contributed by atoms with Gasteiger partial charge in [0.15, 0.2) is 11.0 Å². The predicted molar refractivity (Wildman–Crippen MR) is 115 cm³/mol. The number of benzene rings is 2. The minimum Gasteiger partial charge on any atom is -0.352 e. The highest BCUT2D eigenvalue weighted by Gasteiger charge is 2.21. The van der Waals surface area contributed by atoms with Gasteiger partial charge in [-0.05, 0) is 37.1 Å². The number of nitrogens with one attached hydrogen (secondary N) is 1. The van der Waals surface area contributed by atoms with Crippen LogP contribution in [0, 0.1) is 0 Å². The molecule has 1 fully saturated rings. The molecule has 146 valence electrons. The van der Waals surface area contributed by atoms with E-state index in [0.29, 0.717) is 5.75 Å². The van der Waals surface area contributed by atoms with Gasteiger partial charge in [0.25, 0.3) is 0 Å². The van der Waals surface area contributed by atoms with Crippen molar-refractivity contribution in [2.45, 2.75) is 18.0 Å². The van der Waals surface area contributed by atoms with E-state index >= 15 is 0 Å². The number of hydrogen-bond donors (Lipinski definition) is 1. The second-order valence-electron chi connectivity index (χ2n) is 7.12. The van der Waals surface area contributed by atoms with Crippen LogP contribution in [-0.4, -0.2) is 49.4 Å². The highest BCUT2D eigenvalue weighted by Crippen LogP contribution is 2.29. The van der Waals surface area contributed by atoms with Gasteiger partial charge in [-0.2, -0.15) is 0 Å². The molecule has 0 radical (unpaired) electrons. The first-order valence-corrected chi connectivity index (χ1v) is 10.8. The first-order valence-electron chi connectivity index (χ1n) is 9.79. The summed E-state index contributed by atoms with van der Waals surface area (Å²) in [5, 5.41) is 10.7. The Balaban J connectivity index is 1.51. The third-order valence-electron chi connectivity index (χ3n) is 5.20. The lowest BCUT2D eigenvalue weighted by Gasteiger charge is -2.15. The molecule has 29 heavy (non-hydrogen) atoms. The fourth-order valence-corrected chi connectivity index (χ4v) is 4.58. The first-order chi connectivity index (χ1) is 14.3. The van der Waals surface area contributed by atoms with E-state index in [1.807, 2.05) is 58.0 Å². The van der Waals surface area contributed by atoms with Crippen molar-refractivity contribution in [3.8, 4) is 17.2 Å². The Morgan fingerprint density at radius 3 is 2.55 bits per heavy atom. The van der Waals surface area contributed by atoms with Gasteiger partial charge in [-0.1, -0.05) is 48.2 Å². The molecule has 4 aromatic rings. The monoisotopic (exact) mass is 403 g/mol. The van der Waals surface area contributed by atoms with E-state index in [1.165, 1.54) is 11.8 Å². The summed E-state index contributed by atoms with van der Waals surface area (Å²) >= 11 is 1.44. The van der Waals surface area contributed by atoms with Gasteiger partial charge in [0.05, 0.1) is 11.4 Å². The van der Waals surface area contributed by atoms with Crippen molar-refractivity contribution in [1.82, 2.24) is 24.6 Å². The van der Waals surface area contributed by atoms with E-state index in [-0.39, 0.29) is 5.91 Å². The maximum atomic E-state index is 12.5. The van der Waals surface area contributed by atoms with Crippen molar-refractivity contribution in [1.29, 1.82) is 0 Å². The Hall–Kier alpha value is -3.06. The van der Waals surface area contributed by atoms with Crippen LogP contribution in [0.15, 0.2) is 65.8 Å². The van der Waals surface area contributed by atoms with E-state index < -0.39 is 0 Å². The van der Waals surface area contributed by atoms with Crippen molar-refractivity contribution in [2.75, 3.05) is 18.8 Å². The summed E-state index contributed by atoms with van der Waals surface area (Å²) in [6.07, 6.45) is 2.20. The summed E-state index contributed by atoms with van der Waals surface area (Å²) < 4.78 is 2.02. The number of fused-ring (bicyclic) bond motifs is 1. The lowest BCUT2D eigenvalue weighted by Crippen LogP contribution is -2.29. The van der Waals surface area contributed by atoms with Crippen LogP contribution in [0.3, 0.4) is 0 Å². The number of nitrogens with zero attached hydrogens (tertiary/aromatic N) is 4. The zero-order chi connectivity index (χ0) is 19.6. The number of aromatic nitrogens is 4. The molecule has 5 rings (SSSR count). The van der Waals surface area contributed by atoms with Gasteiger partial charge >= 0.3 is 0 Å². The van der Waals surface area contributed by atoms with Crippen LogP contribution < -0.4 is 0 Å². The molecule has 1 aliphatic rings. The molecular weight excluding hydrogens is 382 g/mol. The molecule has 1 amide bonds. The van der Waals surface area contributed by atoms with Gasteiger partial charge < -0.3 is 9.88 Å². The van der Waals surface area contributed by atoms with E-state index in [1.54, 1.807) is 0 Å². The largest absolute Gasteiger partial charge is 0.352 e. The lowest BCUT2D eigenvalue weighted by molar-refractivity contribution is -0.127. The van der Waals surface area contributed by atoms with Gasteiger partial charge in [0.2, 0.25) is 5.91 Å². The summed E-state index contributed by atoms with van der Waals surface area (Å²) in [5.41, 5.74) is 2.94. The third kappa shape index (κ3) is 3.53. The van der Waals surface area contributed by atoms with Crippen molar-refractivity contribution in [3.63, 3.8) is 0 Å². The van der Waals surface area contributed by atoms with E-state index in [2.05, 4.69) is 27.3 Å². The number of para-hydroxylation sites is 2. The molecule has 0 saturated carbocycles. The fraction of sp³-hybridized carbons (Fsp3) is 0.227. The fourth-order valence-electron chi connectivity index (χ4n) is 3.73. The molecule has 7 heteroatoms. The lowest BCUT2D eigenvalue weighted by atomic mass is 10.2. The van der Waals surface area contributed by atoms with E-state index in [4.69, 9.17) is 0 Å². The van der Waals surface area contributed by atoms with Crippen LogP contribution in [-0.2, 0) is 4.79 Å². The highest BCUT2D eigenvalue weighted by molar-refractivity contribution is 7.99. The highest BCUT2D eigenvalue weighted by atomic mass is 32.2. The number of aromatic amines is 1. The standard InChI is InChI=1S/C22H21N5OS/c28-20(26-12-6-7-13-26)15-29-22-25-24-21(27(22)17-9-2-1-3-10-17)19-14-16-8-4-5-11-18(16)23-19/h1-5,8-11,14,23H,6-7,12-13,15H2. The summed E-state index contributed by atoms with van der Waals surface area (Å²) in [5.74, 6) is 1.28. The molecule has 0 aliphatic carbocycles. The van der Waals surface area contributed by atoms with E-state index in [9.17, 15) is 4.79 Å². The number of rotatable bonds is 5. The van der Waals surface area contributed by atoms with Crippen LogP contribution in [0.5, 0.6) is 0 Å². The minimum absolute atomic E-state index is 0.169. The molecule has 2 aromatic carbocycles. The molecule has 0 unspecified atom stereocenters. The van der Waals surface area contributed by atoms with Crippen molar-refractivity contribution in [3.05, 3.63) is 60.7 Å².